The quantitative estimate of drug-likeness (QED) is 0.842. The zero-order valence-electron chi connectivity index (χ0n) is 14.4. The second-order valence-electron chi connectivity index (χ2n) is 8.78. The molecule has 1 N–H and O–H groups in total. The minimum atomic E-state index is 0.386. The summed E-state index contributed by atoms with van der Waals surface area (Å²) >= 11 is 0. The summed E-state index contributed by atoms with van der Waals surface area (Å²) in [5.41, 5.74) is 5.23. The molecule has 2 saturated carbocycles. The molecule has 0 atom stereocenters. The lowest BCUT2D eigenvalue weighted by atomic mass is 9.52. The second-order valence-corrected chi connectivity index (χ2v) is 8.78. The highest BCUT2D eigenvalue weighted by atomic mass is 15.0. The van der Waals surface area contributed by atoms with E-state index in [2.05, 4.69) is 58.1 Å². The van der Waals surface area contributed by atoms with E-state index < -0.39 is 0 Å². The van der Waals surface area contributed by atoms with Crippen molar-refractivity contribution in [2.75, 3.05) is 6.54 Å². The van der Waals surface area contributed by atoms with Crippen LogP contribution in [0.2, 0.25) is 0 Å². The van der Waals surface area contributed by atoms with Gasteiger partial charge in [-0.15, -0.1) is 0 Å². The van der Waals surface area contributed by atoms with Gasteiger partial charge >= 0.3 is 0 Å². The molecule has 21 heavy (non-hydrogen) atoms. The summed E-state index contributed by atoms with van der Waals surface area (Å²) < 4.78 is 0. The van der Waals surface area contributed by atoms with Crippen LogP contribution in [0.1, 0.15) is 63.1 Å². The smallest absolute Gasteiger partial charge is 0.00837 e. The van der Waals surface area contributed by atoms with Crippen LogP contribution in [0.4, 0.5) is 0 Å². The van der Waals surface area contributed by atoms with E-state index in [1.54, 1.807) is 5.56 Å². The number of aryl methyl sites for hydroxylation is 2. The molecule has 116 valence electrons. The molecule has 1 nitrogen and oxygen atoms in total. The average Bonchev–Trinajstić information content (AvgIpc) is 3.08. The number of nitrogens with one attached hydrogen (secondary N) is 1. The molecule has 0 unspecified atom stereocenters. The van der Waals surface area contributed by atoms with Crippen LogP contribution >= 0.6 is 0 Å². The van der Waals surface area contributed by atoms with Crippen molar-refractivity contribution in [2.24, 2.45) is 11.3 Å². The highest BCUT2D eigenvalue weighted by Gasteiger charge is 2.49. The minimum Gasteiger partial charge on any atom is -0.313 e. The van der Waals surface area contributed by atoms with Crippen molar-refractivity contribution in [1.82, 2.24) is 5.32 Å². The molecule has 2 aliphatic carbocycles. The van der Waals surface area contributed by atoms with Crippen LogP contribution in [0.3, 0.4) is 0 Å². The van der Waals surface area contributed by atoms with Gasteiger partial charge in [-0.2, -0.15) is 0 Å². The van der Waals surface area contributed by atoms with Crippen molar-refractivity contribution in [3.63, 3.8) is 0 Å². The van der Waals surface area contributed by atoms with Gasteiger partial charge < -0.3 is 5.32 Å². The van der Waals surface area contributed by atoms with Crippen LogP contribution in [0.15, 0.2) is 18.2 Å². The maximum atomic E-state index is 3.81. The molecule has 1 aromatic carbocycles. The fourth-order valence-corrected chi connectivity index (χ4v) is 3.89. The van der Waals surface area contributed by atoms with Crippen molar-refractivity contribution < 1.29 is 0 Å². The minimum absolute atomic E-state index is 0.386. The van der Waals surface area contributed by atoms with Crippen molar-refractivity contribution in [3.05, 3.63) is 34.9 Å². The first-order valence-electron chi connectivity index (χ1n) is 8.61. The molecule has 0 aliphatic heterocycles. The van der Waals surface area contributed by atoms with Gasteiger partial charge in [-0.05, 0) is 56.4 Å². The summed E-state index contributed by atoms with van der Waals surface area (Å²) in [6, 6.07) is 7.97. The van der Waals surface area contributed by atoms with Gasteiger partial charge in [0.25, 0.3) is 0 Å². The van der Waals surface area contributed by atoms with Gasteiger partial charge in [0.05, 0.1) is 0 Å². The zero-order valence-corrected chi connectivity index (χ0v) is 14.4. The predicted molar refractivity (Wildman–Crippen MR) is 90.8 cm³/mol. The molecule has 2 aliphatic rings. The summed E-state index contributed by atoms with van der Waals surface area (Å²) in [4.78, 5) is 0. The van der Waals surface area contributed by atoms with Crippen molar-refractivity contribution in [2.45, 2.75) is 71.8 Å². The van der Waals surface area contributed by atoms with E-state index in [9.17, 15) is 0 Å². The summed E-state index contributed by atoms with van der Waals surface area (Å²) in [6.45, 7) is 12.8. The standard InChI is InChI=1S/C20H31N/c1-14-8-15(2)10-16(9-14)20(13-21-18-6-7-18)11-17(12-20)19(3,4)5/h8-10,17-18,21H,6-7,11-13H2,1-5H3. The normalized spacial score (nSPS) is 29.3. The Morgan fingerprint density at radius 2 is 1.62 bits per heavy atom. The molecular formula is C20H31N. The third-order valence-corrected chi connectivity index (χ3v) is 5.64. The Kier molecular flexibility index (Phi) is 3.68. The Morgan fingerprint density at radius 1 is 1.05 bits per heavy atom. The van der Waals surface area contributed by atoms with E-state index in [1.165, 1.54) is 43.4 Å². The number of hydrogen-bond donors (Lipinski definition) is 1. The molecule has 0 saturated heterocycles. The summed E-state index contributed by atoms with van der Waals surface area (Å²) in [6.07, 6.45) is 5.45. The largest absolute Gasteiger partial charge is 0.313 e. The van der Waals surface area contributed by atoms with Crippen molar-refractivity contribution in [3.8, 4) is 0 Å². The predicted octanol–water partition coefficient (Wildman–Crippen LogP) is 4.75. The summed E-state index contributed by atoms with van der Waals surface area (Å²) in [5, 5.41) is 3.81. The lowest BCUT2D eigenvalue weighted by molar-refractivity contribution is 0.0446. The number of rotatable bonds is 4. The Labute approximate surface area is 130 Å². The van der Waals surface area contributed by atoms with Gasteiger partial charge in [0.2, 0.25) is 0 Å². The molecule has 0 radical (unpaired) electrons. The van der Waals surface area contributed by atoms with Gasteiger partial charge in [0, 0.05) is 18.0 Å². The zero-order chi connectivity index (χ0) is 15.3. The summed E-state index contributed by atoms with van der Waals surface area (Å²) in [5.74, 6) is 0.860. The molecule has 0 bridgehead atoms. The first-order valence-corrected chi connectivity index (χ1v) is 8.61. The van der Waals surface area contributed by atoms with E-state index in [1.807, 2.05) is 0 Å². The van der Waals surface area contributed by atoms with Gasteiger partial charge in [0.1, 0.15) is 0 Å². The maximum Gasteiger partial charge on any atom is 0.00837 e. The Balaban J connectivity index is 1.82. The lowest BCUT2D eigenvalue weighted by Gasteiger charge is -2.54. The van der Waals surface area contributed by atoms with Gasteiger partial charge in [-0.3, -0.25) is 0 Å². The monoisotopic (exact) mass is 285 g/mol. The molecular weight excluding hydrogens is 254 g/mol. The second kappa shape index (κ2) is 5.12. The van der Waals surface area contributed by atoms with Gasteiger partial charge in [-0.1, -0.05) is 50.1 Å². The van der Waals surface area contributed by atoms with Crippen LogP contribution in [-0.4, -0.2) is 12.6 Å². The Bertz CT molecular complexity index is 493. The van der Waals surface area contributed by atoms with Crippen LogP contribution < -0.4 is 5.32 Å². The number of hydrogen-bond acceptors (Lipinski definition) is 1. The number of benzene rings is 1. The molecule has 0 aromatic heterocycles. The van der Waals surface area contributed by atoms with Crippen LogP contribution in [0.5, 0.6) is 0 Å². The van der Waals surface area contributed by atoms with E-state index in [4.69, 9.17) is 0 Å². The molecule has 0 amide bonds. The van der Waals surface area contributed by atoms with E-state index in [0.717, 1.165) is 12.0 Å². The van der Waals surface area contributed by atoms with Crippen molar-refractivity contribution >= 4 is 0 Å². The Morgan fingerprint density at radius 3 is 2.10 bits per heavy atom. The highest BCUT2D eigenvalue weighted by molar-refractivity contribution is 5.37. The third-order valence-electron chi connectivity index (χ3n) is 5.64. The molecule has 1 heteroatoms. The topological polar surface area (TPSA) is 12.0 Å². The molecule has 0 heterocycles. The van der Waals surface area contributed by atoms with E-state index >= 15 is 0 Å². The highest BCUT2D eigenvalue weighted by Crippen LogP contribution is 2.54. The molecule has 1 aromatic rings. The van der Waals surface area contributed by atoms with E-state index in [0.29, 0.717) is 10.8 Å². The fraction of sp³-hybridized carbons (Fsp3) is 0.700. The average molecular weight is 285 g/mol. The molecule has 3 rings (SSSR count). The first kappa shape index (κ1) is 15.1. The first-order chi connectivity index (χ1) is 9.78. The maximum absolute atomic E-state index is 3.81. The van der Waals surface area contributed by atoms with Gasteiger partial charge in [0.15, 0.2) is 0 Å². The van der Waals surface area contributed by atoms with E-state index in [-0.39, 0.29) is 0 Å². The summed E-state index contributed by atoms with van der Waals surface area (Å²) in [7, 11) is 0. The lowest BCUT2D eigenvalue weighted by Crippen LogP contribution is -2.52. The molecule has 0 spiro atoms. The van der Waals surface area contributed by atoms with Crippen LogP contribution in [-0.2, 0) is 5.41 Å². The van der Waals surface area contributed by atoms with Crippen LogP contribution in [0.25, 0.3) is 0 Å². The third kappa shape index (κ3) is 3.18. The molecule has 2 fully saturated rings. The Hall–Kier alpha value is -0.820. The SMILES string of the molecule is Cc1cc(C)cc(C2(CNC3CC3)CC(C(C)(C)C)C2)c1. The van der Waals surface area contributed by atoms with Crippen LogP contribution in [0, 0.1) is 25.2 Å². The fourth-order valence-electron chi connectivity index (χ4n) is 3.89. The van der Waals surface area contributed by atoms with Crippen molar-refractivity contribution in [1.29, 1.82) is 0 Å². The van der Waals surface area contributed by atoms with Gasteiger partial charge in [-0.25, -0.2) is 0 Å².